The average molecular weight is 445 g/mol. The average Bonchev–Trinajstić information content (AvgIpc) is 2.85. The molecule has 5 fully saturated rings. The Hall–Kier alpha value is -1.69. The smallest absolute Gasteiger partial charge is 0.319 e. The van der Waals surface area contributed by atoms with Crippen LogP contribution >= 0.6 is 15.9 Å². The van der Waals surface area contributed by atoms with E-state index in [9.17, 15) is 14.4 Å². The van der Waals surface area contributed by atoms with Crippen LogP contribution in [-0.4, -0.2) is 29.2 Å². The molecule has 0 radical (unpaired) electrons. The van der Waals surface area contributed by atoms with Crippen LogP contribution in [0, 0.1) is 23.2 Å². The van der Waals surface area contributed by atoms with Gasteiger partial charge in [-0.2, -0.15) is 0 Å². The highest BCUT2D eigenvalue weighted by Crippen LogP contribution is 2.60. The molecule has 1 atom stereocenters. The van der Waals surface area contributed by atoms with E-state index in [4.69, 9.17) is 0 Å². The van der Waals surface area contributed by atoms with Crippen molar-refractivity contribution >= 4 is 33.7 Å². The number of benzene rings is 1. The molecule has 0 aromatic heterocycles. The Bertz CT molecular complexity index is 847. The van der Waals surface area contributed by atoms with Crippen LogP contribution in [0.2, 0.25) is 0 Å². The van der Waals surface area contributed by atoms with Gasteiger partial charge in [-0.1, -0.05) is 34.1 Å². The van der Waals surface area contributed by atoms with Crippen molar-refractivity contribution in [2.45, 2.75) is 51.0 Å². The van der Waals surface area contributed by atoms with Gasteiger partial charge in [-0.05, 0) is 69.3 Å². The molecule has 1 aliphatic heterocycles. The first-order chi connectivity index (χ1) is 13.3. The van der Waals surface area contributed by atoms with Gasteiger partial charge >= 0.3 is 6.03 Å². The van der Waals surface area contributed by atoms with Crippen LogP contribution in [0.4, 0.5) is 4.79 Å². The lowest BCUT2D eigenvalue weighted by Crippen LogP contribution is -2.53. The molecule has 6 rings (SSSR count). The second kappa shape index (κ2) is 6.15. The van der Waals surface area contributed by atoms with E-state index in [1.807, 2.05) is 24.3 Å². The number of hydrogen-bond donors (Lipinski definition) is 1. The molecule has 4 saturated carbocycles. The van der Waals surface area contributed by atoms with Crippen molar-refractivity contribution < 1.29 is 14.4 Å². The topological polar surface area (TPSA) is 66.5 Å². The maximum absolute atomic E-state index is 13.4. The lowest BCUT2D eigenvalue weighted by atomic mass is 9.48. The van der Waals surface area contributed by atoms with Gasteiger partial charge in [0.05, 0.1) is 6.54 Å². The van der Waals surface area contributed by atoms with E-state index in [0.29, 0.717) is 23.3 Å². The molecule has 1 unspecified atom stereocenters. The number of imide groups is 1. The van der Waals surface area contributed by atoms with E-state index >= 15 is 0 Å². The molecule has 5 aliphatic rings. The molecule has 4 bridgehead atoms. The van der Waals surface area contributed by atoms with Gasteiger partial charge in [0.15, 0.2) is 5.78 Å². The standard InChI is InChI=1S/C22H25BrN2O3/c1-21(16-4-2-3-5-17(16)23)19(27)25(20(28)24-21)12-18(26)22-9-13-6-14(10-22)8-15(7-13)11-22/h2-5,13-15H,6-12H2,1H3,(H,24,28). The SMILES string of the molecule is CC1(c2ccccc2Br)NC(=O)N(CC(=O)C23CC4CC(CC(C4)C2)C3)C1=O. The minimum atomic E-state index is -1.15. The Morgan fingerprint density at radius 3 is 2.25 bits per heavy atom. The zero-order chi connectivity index (χ0) is 19.7. The summed E-state index contributed by atoms with van der Waals surface area (Å²) in [6.45, 7) is 1.61. The Morgan fingerprint density at radius 2 is 1.68 bits per heavy atom. The molecule has 3 amide bonds. The molecule has 1 aromatic carbocycles. The number of amides is 3. The number of urea groups is 1. The number of carbonyl (C=O) groups excluding carboxylic acids is 3. The van der Waals surface area contributed by atoms with Crippen LogP contribution in [0.25, 0.3) is 0 Å². The molecule has 5 nitrogen and oxygen atoms in total. The summed E-state index contributed by atoms with van der Waals surface area (Å²) in [4.78, 5) is 40.4. The van der Waals surface area contributed by atoms with E-state index in [-0.39, 0.29) is 23.7 Å². The Balaban J connectivity index is 1.39. The first-order valence-corrected chi connectivity index (χ1v) is 11.0. The van der Waals surface area contributed by atoms with Gasteiger partial charge < -0.3 is 5.32 Å². The fourth-order valence-corrected chi connectivity index (χ4v) is 7.33. The number of carbonyl (C=O) groups is 3. The second-order valence-corrected chi connectivity index (χ2v) is 10.4. The minimum absolute atomic E-state index is 0.0893. The Kier molecular flexibility index (Phi) is 4.03. The van der Waals surface area contributed by atoms with E-state index < -0.39 is 11.6 Å². The number of hydrogen-bond acceptors (Lipinski definition) is 3. The van der Waals surface area contributed by atoms with Crippen LogP contribution in [-0.2, 0) is 15.1 Å². The van der Waals surface area contributed by atoms with Crippen molar-refractivity contribution in [3.05, 3.63) is 34.3 Å². The molecule has 28 heavy (non-hydrogen) atoms. The highest BCUT2D eigenvalue weighted by Gasteiger charge is 2.56. The Labute approximate surface area is 173 Å². The molecule has 1 saturated heterocycles. The normalized spacial score (nSPS) is 38.8. The molecule has 4 aliphatic carbocycles. The van der Waals surface area contributed by atoms with Crippen molar-refractivity contribution in [2.24, 2.45) is 23.2 Å². The van der Waals surface area contributed by atoms with Crippen LogP contribution in [0.3, 0.4) is 0 Å². The molecule has 6 heteroatoms. The molecule has 0 spiro atoms. The summed E-state index contributed by atoms with van der Waals surface area (Å²) in [7, 11) is 0. The predicted molar refractivity (Wildman–Crippen MR) is 107 cm³/mol. The summed E-state index contributed by atoms with van der Waals surface area (Å²) < 4.78 is 0.764. The maximum atomic E-state index is 13.4. The number of rotatable bonds is 4. The third-order valence-corrected chi connectivity index (χ3v) is 8.31. The number of nitrogens with one attached hydrogen (secondary N) is 1. The van der Waals surface area contributed by atoms with Crippen molar-refractivity contribution in [1.29, 1.82) is 0 Å². The van der Waals surface area contributed by atoms with Gasteiger partial charge in [0.25, 0.3) is 5.91 Å². The summed E-state index contributed by atoms with van der Waals surface area (Å²) in [5.41, 5.74) is -0.751. The van der Waals surface area contributed by atoms with Gasteiger partial charge in [-0.15, -0.1) is 0 Å². The van der Waals surface area contributed by atoms with Gasteiger partial charge in [0.2, 0.25) is 0 Å². The van der Waals surface area contributed by atoms with Crippen molar-refractivity contribution in [3.63, 3.8) is 0 Å². The van der Waals surface area contributed by atoms with E-state index in [1.165, 1.54) is 19.3 Å². The zero-order valence-corrected chi connectivity index (χ0v) is 17.6. The third kappa shape index (κ3) is 2.60. The molecule has 1 aromatic rings. The van der Waals surface area contributed by atoms with Crippen molar-refractivity contribution in [2.75, 3.05) is 6.54 Å². The fourth-order valence-electron chi connectivity index (χ4n) is 6.65. The second-order valence-electron chi connectivity index (χ2n) is 9.55. The van der Waals surface area contributed by atoms with Gasteiger partial charge in [0, 0.05) is 15.5 Å². The summed E-state index contributed by atoms with van der Waals surface area (Å²) in [6, 6.07) is 6.91. The monoisotopic (exact) mass is 444 g/mol. The summed E-state index contributed by atoms with van der Waals surface area (Å²) >= 11 is 3.48. The molecule has 1 heterocycles. The van der Waals surface area contributed by atoms with Crippen molar-refractivity contribution in [3.8, 4) is 0 Å². The lowest BCUT2D eigenvalue weighted by Gasteiger charge is -2.56. The van der Waals surface area contributed by atoms with Crippen molar-refractivity contribution in [1.82, 2.24) is 10.2 Å². The largest absolute Gasteiger partial charge is 0.325 e. The highest BCUT2D eigenvalue weighted by molar-refractivity contribution is 9.10. The predicted octanol–water partition coefficient (Wildman–Crippen LogP) is 4.00. The van der Waals surface area contributed by atoms with Gasteiger partial charge in [-0.25, -0.2) is 4.79 Å². The summed E-state index contributed by atoms with van der Waals surface area (Å²) in [5.74, 6) is 1.71. The maximum Gasteiger partial charge on any atom is 0.325 e. The molecule has 148 valence electrons. The highest BCUT2D eigenvalue weighted by atomic mass is 79.9. The van der Waals surface area contributed by atoms with Gasteiger partial charge in [-0.3, -0.25) is 14.5 Å². The minimum Gasteiger partial charge on any atom is -0.319 e. The van der Waals surface area contributed by atoms with Gasteiger partial charge in [0.1, 0.15) is 5.54 Å². The van der Waals surface area contributed by atoms with E-state index in [0.717, 1.165) is 28.6 Å². The quantitative estimate of drug-likeness (QED) is 0.713. The third-order valence-electron chi connectivity index (χ3n) is 7.62. The van der Waals surface area contributed by atoms with Crippen LogP contribution in [0.1, 0.15) is 51.0 Å². The number of Topliss-reactive ketones (excluding diaryl/α,β-unsaturated/α-hetero) is 1. The fraction of sp³-hybridized carbons (Fsp3) is 0.591. The van der Waals surface area contributed by atoms with E-state index in [2.05, 4.69) is 21.2 Å². The number of ketones is 1. The first kappa shape index (κ1) is 18.3. The summed E-state index contributed by atoms with van der Waals surface area (Å²) in [6.07, 6.45) is 6.62. The van der Waals surface area contributed by atoms with E-state index in [1.54, 1.807) is 6.92 Å². The van der Waals surface area contributed by atoms with Crippen LogP contribution in [0.15, 0.2) is 28.7 Å². The van der Waals surface area contributed by atoms with Crippen LogP contribution < -0.4 is 5.32 Å². The zero-order valence-electron chi connectivity index (χ0n) is 16.0. The number of halogens is 1. The number of nitrogens with zero attached hydrogens (tertiary/aromatic N) is 1. The summed E-state index contributed by atoms with van der Waals surface area (Å²) in [5, 5.41) is 2.82. The lowest BCUT2D eigenvalue weighted by molar-refractivity contribution is -0.147. The molecular formula is C22H25BrN2O3. The molecule has 1 N–H and O–H groups in total. The Morgan fingerprint density at radius 1 is 1.11 bits per heavy atom. The van der Waals surface area contributed by atoms with Crippen LogP contribution in [0.5, 0.6) is 0 Å². The molecular weight excluding hydrogens is 420 g/mol. The first-order valence-electron chi connectivity index (χ1n) is 10.2.